The molecule has 2 heterocycles. The summed E-state index contributed by atoms with van der Waals surface area (Å²) >= 11 is 2.01. The van der Waals surface area contributed by atoms with Gasteiger partial charge in [0.05, 0.1) is 5.69 Å². The van der Waals surface area contributed by atoms with Crippen molar-refractivity contribution in [3.63, 3.8) is 0 Å². The number of aromatic nitrogens is 1. The maximum absolute atomic E-state index is 4.32. The van der Waals surface area contributed by atoms with Crippen molar-refractivity contribution < 1.29 is 0 Å². The molecule has 0 radical (unpaired) electrons. The molecule has 4 heteroatoms. The molecule has 0 bridgehead atoms. The Labute approximate surface area is 108 Å². The summed E-state index contributed by atoms with van der Waals surface area (Å²) in [7, 11) is 0. The minimum atomic E-state index is 0. The molecule has 0 aliphatic carbocycles. The minimum absolute atomic E-state index is 0. The fourth-order valence-corrected chi connectivity index (χ4v) is 3.00. The predicted octanol–water partition coefficient (Wildman–Crippen LogP) is 2.74. The second-order valence-electron chi connectivity index (χ2n) is 4.05. The Morgan fingerprint density at radius 3 is 3.06 bits per heavy atom. The number of hydrogen-bond acceptors (Lipinski definition) is 3. The van der Waals surface area contributed by atoms with Crippen molar-refractivity contribution in [2.45, 2.75) is 18.6 Å². The third-order valence-corrected chi connectivity index (χ3v) is 3.94. The molecule has 1 aliphatic heterocycles. The summed E-state index contributed by atoms with van der Waals surface area (Å²) in [4.78, 5) is 4.32. The third-order valence-electron chi connectivity index (χ3n) is 2.73. The molecule has 1 aliphatic rings. The van der Waals surface area contributed by atoms with Gasteiger partial charge in [0.1, 0.15) is 0 Å². The van der Waals surface area contributed by atoms with Crippen molar-refractivity contribution in [2.24, 2.45) is 5.92 Å². The maximum Gasteiger partial charge on any atom is 0.0502 e. The topological polar surface area (TPSA) is 24.9 Å². The molecule has 1 saturated heterocycles. The van der Waals surface area contributed by atoms with E-state index in [9.17, 15) is 0 Å². The van der Waals surface area contributed by atoms with E-state index in [1.165, 1.54) is 37.4 Å². The van der Waals surface area contributed by atoms with Crippen molar-refractivity contribution in [1.29, 1.82) is 0 Å². The van der Waals surface area contributed by atoms with E-state index in [2.05, 4.69) is 22.4 Å². The van der Waals surface area contributed by atoms with Crippen molar-refractivity contribution in [3.05, 3.63) is 30.1 Å². The van der Waals surface area contributed by atoms with E-state index >= 15 is 0 Å². The number of nitrogens with one attached hydrogen (secondary N) is 1. The second-order valence-corrected chi connectivity index (χ2v) is 5.08. The summed E-state index contributed by atoms with van der Waals surface area (Å²) in [5, 5.41) is 3.45. The Morgan fingerprint density at radius 2 is 2.38 bits per heavy atom. The average Bonchev–Trinajstić information content (AvgIpc) is 2.32. The van der Waals surface area contributed by atoms with E-state index in [0.717, 1.165) is 11.7 Å². The maximum atomic E-state index is 4.32. The van der Waals surface area contributed by atoms with Crippen LogP contribution in [0, 0.1) is 5.92 Å². The van der Waals surface area contributed by atoms with E-state index in [-0.39, 0.29) is 12.4 Å². The van der Waals surface area contributed by atoms with E-state index in [1.54, 1.807) is 0 Å². The SMILES string of the molecule is Cl.c1ccc(CSCC2CCCNC2)nc1. The molecule has 2 rings (SSSR count). The fraction of sp³-hybridized carbons (Fsp3) is 0.583. The predicted molar refractivity (Wildman–Crippen MR) is 73.2 cm³/mol. The monoisotopic (exact) mass is 258 g/mol. The zero-order chi connectivity index (χ0) is 10.3. The number of pyridine rings is 1. The van der Waals surface area contributed by atoms with E-state index in [1.807, 2.05) is 24.0 Å². The smallest absolute Gasteiger partial charge is 0.0502 e. The van der Waals surface area contributed by atoms with Gasteiger partial charge in [0, 0.05) is 11.9 Å². The quantitative estimate of drug-likeness (QED) is 0.899. The lowest BCUT2D eigenvalue weighted by molar-refractivity contribution is 0.410. The molecular formula is C12H19ClN2S. The van der Waals surface area contributed by atoms with Crippen LogP contribution in [0.4, 0.5) is 0 Å². The van der Waals surface area contributed by atoms with Crippen LogP contribution < -0.4 is 5.32 Å². The summed E-state index contributed by atoms with van der Waals surface area (Å²) in [5.41, 5.74) is 1.20. The van der Waals surface area contributed by atoms with Crippen molar-refractivity contribution >= 4 is 24.2 Å². The zero-order valence-corrected chi connectivity index (χ0v) is 11.0. The average molecular weight is 259 g/mol. The molecule has 1 aromatic rings. The van der Waals surface area contributed by atoms with Crippen LogP contribution in [-0.4, -0.2) is 23.8 Å². The molecule has 1 aromatic heterocycles. The zero-order valence-electron chi connectivity index (χ0n) is 9.39. The van der Waals surface area contributed by atoms with Gasteiger partial charge in [-0.3, -0.25) is 4.98 Å². The van der Waals surface area contributed by atoms with E-state index in [0.29, 0.717) is 0 Å². The molecule has 90 valence electrons. The van der Waals surface area contributed by atoms with Gasteiger partial charge in [0.15, 0.2) is 0 Å². The molecule has 16 heavy (non-hydrogen) atoms. The van der Waals surface area contributed by atoms with Gasteiger partial charge < -0.3 is 5.32 Å². The third kappa shape index (κ3) is 4.73. The van der Waals surface area contributed by atoms with Crippen molar-refractivity contribution in [1.82, 2.24) is 10.3 Å². The standard InChI is InChI=1S/C12H18N2S.ClH/c1-2-7-14-12(5-1)10-15-9-11-4-3-6-13-8-11;/h1-2,5,7,11,13H,3-4,6,8-10H2;1H. The Hall–Kier alpha value is -0.250. The molecule has 0 amide bonds. The summed E-state index contributed by atoms with van der Waals surface area (Å²) in [6, 6.07) is 6.14. The first-order chi connectivity index (χ1) is 7.45. The van der Waals surface area contributed by atoms with Crippen LogP contribution in [0.15, 0.2) is 24.4 Å². The first kappa shape index (κ1) is 13.8. The molecule has 0 saturated carbocycles. The number of halogens is 1. The van der Waals surface area contributed by atoms with Crippen LogP contribution in [0.2, 0.25) is 0 Å². The van der Waals surface area contributed by atoms with Crippen molar-refractivity contribution in [3.8, 4) is 0 Å². The van der Waals surface area contributed by atoms with Gasteiger partial charge in [-0.05, 0) is 49.7 Å². The minimum Gasteiger partial charge on any atom is -0.316 e. The van der Waals surface area contributed by atoms with Gasteiger partial charge in [-0.1, -0.05) is 6.07 Å². The Morgan fingerprint density at radius 1 is 1.44 bits per heavy atom. The van der Waals surface area contributed by atoms with E-state index < -0.39 is 0 Å². The van der Waals surface area contributed by atoms with Gasteiger partial charge in [-0.2, -0.15) is 11.8 Å². The summed E-state index contributed by atoms with van der Waals surface area (Å²) in [6.07, 6.45) is 4.61. The van der Waals surface area contributed by atoms with Gasteiger partial charge in [0.2, 0.25) is 0 Å². The number of rotatable bonds is 4. The Bertz CT molecular complexity index is 276. The van der Waals surface area contributed by atoms with Crippen molar-refractivity contribution in [2.75, 3.05) is 18.8 Å². The van der Waals surface area contributed by atoms with E-state index in [4.69, 9.17) is 0 Å². The van der Waals surface area contributed by atoms with Crippen LogP contribution in [0.5, 0.6) is 0 Å². The summed E-state index contributed by atoms with van der Waals surface area (Å²) in [5.74, 6) is 3.19. The lowest BCUT2D eigenvalue weighted by atomic mass is 10.0. The molecular weight excluding hydrogens is 240 g/mol. The van der Waals surface area contributed by atoms with Gasteiger partial charge >= 0.3 is 0 Å². The first-order valence-corrected chi connectivity index (χ1v) is 6.79. The normalized spacial score (nSPS) is 20.1. The van der Waals surface area contributed by atoms with Crippen LogP contribution in [-0.2, 0) is 5.75 Å². The van der Waals surface area contributed by atoms with Crippen LogP contribution in [0.1, 0.15) is 18.5 Å². The lowest BCUT2D eigenvalue weighted by Gasteiger charge is -2.22. The number of hydrogen-bond donors (Lipinski definition) is 1. The Balaban J connectivity index is 0.00000128. The molecule has 1 unspecified atom stereocenters. The van der Waals surface area contributed by atoms with Crippen LogP contribution >= 0.6 is 24.2 Å². The molecule has 1 atom stereocenters. The van der Waals surface area contributed by atoms with Crippen LogP contribution in [0.25, 0.3) is 0 Å². The molecule has 1 fully saturated rings. The summed E-state index contributed by atoms with van der Waals surface area (Å²) < 4.78 is 0. The highest BCUT2D eigenvalue weighted by atomic mass is 35.5. The fourth-order valence-electron chi connectivity index (χ4n) is 1.88. The molecule has 0 aromatic carbocycles. The highest BCUT2D eigenvalue weighted by Gasteiger charge is 2.12. The number of piperidine rings is 1. The highest BCUT2D eigenvalue weighted by Crippen LogP contribution is 2.18. The molecule has 2 nitrogen and oxygen atoms in total. The van der Waals surface area contributed by atoms with Gasteiger partial charge in [-0.15, -0.1) is 12.4 Å². The first-order valence-electron chi connectivity index (χ1n) is 5.63. The second kappa shape index (κ2) is 7.93. The molecule has 0 spiro atoms. The van der Waals surface area contributed by atoms with Crippen LogP contribution in [0.3, 0.4) is 0 Å². The summed E-state index contributed by atoms with van der Waals surface area (Å²) in [6.45, 7) is 2.41. The largest absolute Gasteiger partial charge is 0.316 e. The molecule has 1 N–H and O–H groups in total. The highest BCUT2D eigenvalue weighted by molar-refractivity contribution is 7.98. The van der Waals surface area contributed by atoms with Gasteiger partial charge in [-0.25, -0.2) is 0 Å². The lowest BCUT2D eigenvalue weighted by Crippen LogP contribution is -2.30. The number of thioether (sulfide) groups is 1. The Kier molecular flexibility index (Phi) is 6.85. The number of nitrogens with zero attached hydrogens (tertiary/aromatic N) is 1. The van der Waals surface area contributed by atoms with Gasteiger partial charge in [0.25, 0.3) is 0 Å².